The first-order valence-corrected chi connectivity index (χ1v) is 10.3. The highest BCUT2D eigenvalue weighted by Gasteiger charge is 2.30. The summed E-state index contributed by atoms with van der Waals surface area (Å²) >= 11 is 1.66. The first kappa shape index (κ1) is 17.4. The third-order valence-electron chi connectivity index (χ3n) is 4.09. The minimum absolute atomic E-state index is 0.0521. The van der Waals surface area contributed by atoms with E-state index < -0.39 is 10.0 Å². The molecule has 1 amide bonds. The van der Waals surface area contributed by atoms with E-state index in [0.29, 0.717) is 25.9 Å². The van der Waals surface area contributed by atoms with Gasteiger partial charge in [0.1, 0.15) is 0 Å². The lowest BCUT2D eigenvalue weighted by Crippen LogP contribution is -2.45. The number of carbonyl (C=O) groups excluding carboxylic acids is 1. The molecule has 1 aromatic heterocycles. The highest BCUT2D eigenvalue weighted by molar-refractivity contribution is 7.89. The minimum Gasteiger partial charge on any atom is -0.353 e. The molecule has 0 saturated carbocycles. The molecule has 1 fully saturated rings. The average Bonchev–Trinajstić information content (AvgIpc) is 3.00. The second-order valence-electron chi connectivity index (χ2n) is 5.82. The van der Waals surface area contributed by atoms with E-state index in [2.05, 4.69) is 16.8 Å². The average molecular weight is 345 g/mol. The Balaban J connectivity index is 1.80. The van der Waals surface area contributed by atoms with Crippen LogP contribution in [0.5, 0.6) is 0 Å². The zero-order valence-corrected chi connectivity index (χ0v) is 14.8. The summed E-state index contributed by atoms with van der Waals surface area (Å²) in [6, 6.07) is 2.17. The van der Waals surface area contributed by atoms with E-state index in [-0.39, 0.29) is 23.6 Å². The number of piperidine rings is 1. The van der Waals surface area contributed by atoms with Gasteiger partial charge in [-0.15, -0.1) is 0 Å². The Labute approximate surface area is 136 Å². The monoisotopic (exact) mass is 344 g/mol. The van der Waals surface area contributed by atoms with Gasteiger partial charge >= 0.3 is 0 Å². The number of sulfonamides is 1. The molecule has 0 spiro atoms. The van der Waals surface area contributed by atoms with Gasteiger partial charge < -0.3 is 5.32 Å². The first-order valence-electron chi connectivity index (χ1n) is 7.71. The molecule has 0 aliphatic carbocycles. The third kappa shape index (κ3) is 4.54. The molecule has 1 N–H and O–H groups in total. The largest absolute Gasteiger partial charge is 0.353 e. The molecule has 1 aliphatic rings. The van der Waals surface area contributed by atoms with Crippen LogP contribution < -0.4 is 5.32 Å². The lowest BCUT2D eigenvalue weighted by Gasteiger charge is -2.30. The summed E-state index contributed by atoms with van der Waals surface area (Å²) in [4.78, 5) is 12.3. The number of nitrogens with one attached hydrogen (secondary N) is 1. The maximum atomic E-state index is 12.3. The second-order valence-corrected chi connectivity index (χ2v) is 8.86. The molecule has 124 valence electrons. The van der Waals surface area contributed by atoms with E-state index in [4.69, 9.17) is 0 Å². The number of carbonyl (C=O) groups is 1. The van der Waals surface area contributed by atoms with Crippen molar-refractivity contribution >= 4 is 27.3 Å². The van der Waals surface area contributed by atoms with E-state index >= 15 is 0 Å². The second kappa shape index (κ2) is 7.57. The van der Waals surface area contributed by atoms with E-state index in [9.17, 15) is 13.2 Å². The zero-order valence-electron chi connectivity index (χ0n) is 13.1. The van der Waals surface area contributed by atoms with Gasteiger partial charge in [0.25, 0.3) is 0 Å². The Kier molecular flexibility index (Phi) is 6.00. The van der Waals surface area contributed by atoms with E-state index in [1.807, 2.05) is 12.3 Å². The Morgan fingerprint density at radius 2 is 2.14 bits per heavy atom. The third-order valence-corrected chi connectivity index (χ3v) is 6.71. The summed E-state index contributed by atoms with van der Waals surface area (Å²) in [6.07, 6.45) is 2.05. The lowest BCUT2D eigenvalue weighted by molar-refractivity contribution is -0.126. The van der Waals surface area contributed by atoms with Gasteiger partial charge in [-0.2, -0.15) is 11.3 Å². The molecule has 22 heavy (non-hydrogen) atoms. The van der Waals surface area contributed by atoms with Crippen LogP contribution >= 0.6 is 11.3 Å². The van der Waals surface area contributed by atoms with Crippen molar-refractivity contribution < 1.29 is 13.2 Å². The van der Waals surface area contributed by atoms with Crippen molar-refractivity contribution in [2.45, 2.75) is 39.2 Å². The normalized spacial score (nSPS) is 19.0. The molecule has 1 atom stereocenters. The predicted octanol–water partition coefficient (Wildman–Crippen LogP) is 1.86. The van der Waals surface area contributed by atoms with Crippen molar-refractivity contribution in [3.05, 3.63) is 22.4 Å². The lowest BCUT2D eigenvalue weighted by atomic mass is 9.96. The maximum Gasteiger partial charge on any atom is 0.223 e. The fourth-order valence-electron chi connectivity index (χ4n) is 2.75. The number of hydrogen-bond donors (Lipinski definition) is 1. The zero-order chi connectivity index (χ0) is 16.2. The molecular weight excluding hydrogens is 320 g/mol. The number of hydrogen-bond acceptors (Lipinski definition) is 4. The summed E-state index contributed by atoms with van der Waals surface area (Å²) in [5.41, 5.74) is 1.24. The van der Waals surface area contributed by atoms with Crippen molar-refractivity contribution in [2.75, 3.05) is 18.8 Å². The van der Waals surface area contributed by atoms with Gasteiger partial charge in [-0.25, -0.2) is 12.7 Å². The fraction of sp³-hybridized carbons (Fsp3) is 0.667. The highest BCUT2D eigenvalue weighted by atomic mass is 32.2. The number of rotatable bonds is 6. The summed E-state index contributed by atoms with van der Waals surface area (Å²) < 4.78 is 25.1. The molecule has 1 aromatic rings. The Hall–Kier alpha value is -0.920. The van der Waals surface area contributed by atoms with Crippen LogP contribution in [0.1, 0.15) is 32.3 Å². The van der Waals surface area contributed by atoms with Crippen LogP contribution in [-0.2, 0) is 21.2 Å². The quantitative estimate of drug-likeness (QED) is 0.856. The molecule has 0 aromatic carbocycles. The Morgan fingerprint density at radius 1 is 1.45 bits per heavy atom. The number of thiophene rings is 1. The van der Waals surface area contributed by atoms with Crippen LogP contribution in [0.2, 0.25) is 0 Å². The Morgan fingerprint density at radius 3 is 2.68 bits per heavy atom. The van der Waals surface area contributed by atoms with Crippen molar-refractivity contribution in [3.63, 3.8) is 0 Å². The summed E-state index contributed by atoms with van der Waals surface area (Å²) in [5.74, 6) is 0.103. The number of amides is 1. The SMILES string of the molecule is CCS(=O)(=O)N1CCC(C(=O)N[C@@H](C)Cc2ccsc2)CC1. The van der Waals surface area contributed by atoms with Crippen LogP contribution in [0.25, 0.3) is 0 Å². The first-order chi connectivity index (χ1) is 10.4. The molecule has 5 nitrogen and oxygen atoms in total. The molecule has 0 unspecified atom stereocenters. The van der Waals surface area contributed by atoms with Crippen molar-refractivity contribution in [1.82, 2.24) is 9.62 Å². The van der Waals surface area contributed by atoms with Gasteiger partial charge in [0.2, 0.25) is 15.9 Å². The van der Waals surface area contributed by atoms with Crippen molar-refractivity contribution in [3.8, 4) is 0 Å². The molecule has 1 aliphatic heterocycles. The molecule has 7 heteroatoms. The molecule has 0 bridgehead atoms. The van der Waals surface area contributed by atoms with Gasteiger partial charge in [0, 0.05) is 25.0 Å². The van der Waals surface area contributed by atoms with Gasteiger partial charge in [0.05, 0.1) is 5.75 Å². The number of nitrogens with zero attached hydrogens (tertiary/aromatic N) is 1. The van der Waals surface area contributed by atoms with E-state index in [1.54, 1.807) is 18.3 Å². The minimum atomic E-state index is -3.12. The summed E-state index contributed by atoms with van der Waals surface area (Å²) in [5, 5.41) is 7.18. The highest BCUT2D eigenvalue weighted by Crippen LogP contribution is 2.20. The van der Waals surface area contributed by atoms with E-state index in [1.165, 1.54) is 9.87 Å². The fourth-order valence-corrected chi connectivity index (χ4v) is 4.57. The molecule has 1 saturated heterocycles. The molecule has 0 radical (unpaired) electrons. The van der Waals surface area contributed by atoms with Crippen LogP contribution in [0.3, 0.4) is 0 Å². The standard InChI is InChI=1S/C15H24N2O3S2/c1-3-22(19,20)17-7-4-14(5-8-17)15(18)16-12(2)10-13-6-9-21-11-13/h6,9,11-12,14H,3-5,7-8,10H2,1-2H3,(H,16,18)/t12-/m0/s1. The summed E-state index contributed by atoms with van der Waals surface area (Å²) in [6.45, 7) is 4.56. The predicted molar refractivity (Wildman–Crippen MR) is 89.4 cm³/mol. The van der Waals surface area contributed by atoms with Gasteiger partial charge in [-0.05, 0) is 55.5 Å². The van der Waals surface area contributed by atoms with Crippen LogP contribution in [0, 0.1) is 5.92 Å². The van der Waals surface area contributed by atoms with Crippen molar-refractivity contribution in [1.29, 1.82) is 0 Å². The van der Waals surface area contributed by atoms with Crippen molar-refractivity contribution in [2.24, 2.45) is 5.92 Å². The molecule has 2 rings (SSSR count). The van der Waals surface area contributed by atoms with Crippen LogP contribution in [-0.4, -0.2) is 43.5 Å². The maximum absolute atomic E-state index is 12.3. The molecule has 2 heterocycles. The van der Waals surface area contributed by atoms with Gasteiger partial charge in [-0.1, -0.05) is 0 Å². The van der Waals surface area contributed by atoms with E-state index in [0.717, 1.165) is 6.42 Å². The topological polar surface area (TPSA) is 66.5 Å². The van der Waals surface area contributed by atoms with Gasteiger partial charge in [-0.3, -0.25) is 4.79 Å². The Bertz CT molecular complexity index is 576. The smallest absolute Gasteiger partial charge is 0.223 e. The molecular formula is C15H24N2O3S2. The van der Waals surface area contributed by atoms with Crippen LogP contribution in [0.15, 0.2) is 16.8 Å². The summed E-state index contributed by atoms with van der Waals surface area (Å²) in [7, 11) is -3.12. The van der Waals surface area contributed by atoms with Crippen LogP contribution in [0.4, 0.5) is 0 Å². The van der Waals surface area contributed by atoms with Gasteiger partial charge in [0.15, 0.2) is 0 Å².